The van der Waals surface area contributed by atoms with Gasteiger partial charge in [-0.25, -0.2) is 0 Å². The molecule has 3 rings (SSSR count). The molecule has 3 aliphatic rings. The predicted molar refractivity (Wildman–Crippen MR) is 57.1 cm³/mol. The van der Waals surface area contributed by atoms with Crippen LogP contribution in [0.5, 0.6) is 0 Å². The quantitative estimate of drug-likeness (QED) is 0.646. The molecule has 3 fully saturated rings. The minimum Gasteiger partial charge on any atom is -0.378 e. The fourth-order valence-electron chi connectivity index (χ4n) is 2.79. The molecule has 0 aromatic rings. The third-order valence-corrected chi connectivity index (χ3v) is 3.69. The van der Waals surface area contributed by atoms with E-state index in [0.29, 0.717) is 32.3 Å². The maximum absolute atomic E-state index is 12.1. The van der Waals surface area contributed by atoms with Gasteiger partial charge in [0.2, 0.25) is 0 Å². The van der Waals surface area contributed by atoms with Crippen molar-refractivity contribution in [1.82, 2.24) is 10.2 Å². The monoisotopic (exact) mass is 226 g/mol. The van der Waals surface area contributed by atoms with E-state index in [2.05, 4.69) is 5.32 Å². The molecule has 3 atom stereocenters. The molecule has 0 bridgehead atoms. The minimum absolute atomic E-state index is 0.152. The van der Waals surface area contributed by atoms with Crippen molar-refractivity contribution in [3.05, 3.63) is 0 Å². The van der Waals surface area contributed by atoms with Crippen molar-refractivity contribution >= 4 is 5.91 Å². The summed E-state index contributed by atoms with van der Waals surface area (Å²) in [4.78, 5) is 14.0. The molecule has 5 nitrogen and oxygen atoms in total. The van der Waals surface area contributed by atoms with Crippen LogP contribution in [0.2, 0.25) is 0 Å². The Bertz CT molecular complexity index is 266. The molecule has 0 aliphatic carbocycles. The van der Waals surface area contributed by atoms with E-state index in [0.717, 1.165) is 19.4 Å². The summed E-state index contributed by atoms with van der Waals surface area (Å²) in [6.45, 7) is 3.75. The SMILES string of the molecule is O=C([C@@H]1C[C@H]2NCC[C@H]2O1)N1CCOCC1. The number of carbonyl (C=O) groups excluding carboxylic acids is 1. The lowest BCUT2D eigenvalue weighted by atomic mass is 10.1. The number of amides is 1. The van der Waals surface area contributed by atoms with Crippen molar-refractivity contribution in [2.45, 2.75) is 31.1 Å². The lowest BCUT2D eigenvalue weighted by molar-refractivity contribution is -0.146. The Morgan fingerprint density at radius 1 is 1.31 bits per heavy atom. The Labute approximate surface area is 95.1 Å². The van der Waals surface area contributed by atoms with Crippen molar-refractivity contribution < 1.29 is 14.3 Å². The van der Waals surface area contributed by atoms with Crippen LogP contribution in [0.3, 0.4) is 0 Å². The summed E-state index contributed by atoms with van der Waals surface area (Å²) < 4.78 is 11.0. The van der Waals surface area contributed by atoms with Crippen LogP contribution in [0, 0.1) is 0 Å². The Kier molecular flexibility index (Phi) is 2.83. The zero-order valence-electron chi connectivity index (χ0n) is 9.35. The molecular formula is C11H18N2O3. The van der Waals surface area contributed by atoms with Gasteiger partial charge in [-0.1, -0.05) is 0 Å². The minimum atomic E-state index is -0.221. The molecule has 0 unspecified atom stereocenters. The van der Waals surface area contributed by atoms with E-state index in [1.807, 2.05) is 4.90 Å². The normalized spacial score (nSPS) is 38.8. The highest BCUT2D eigenvalue weighted by atomic mass is 16.5. The van der Waals surface area contributed by atoms with Gasteiger partial charge < -0.3 is 19.7 Å². The highest BCUT2D eigenvalue weighted by Gasteiger charge is 2.42. The van der Waals surface area contributed by atoms with Crippen LogP contribution in [0.4, 0.5) is 0 Å². The molecule has 0 radical (unpaired) electrons. The van der Waals surface area contributed by atoms with Crippen molar-refractivity contribution in [2.24, 2.45) is 0 Å². The highest BCUT2D eigenvalue weighted by Crippen LogP contribution is 2.27. The van der Waals surface area contributed by atoms with Gasteiger partial charge in [0.15, 0.2) is 0 Å². The van der Waals surface area contributed by atoms with Gasteiger partial charge in [0.05, 0.1) is 19.3 Å². The van der Waals surface area contributed by atoms with E-state index in [-0.39, 0.29) is 18.1 Å². The van der Waals surface area contributed by atoms with Crippen LogP contribution in [0.1, 0.15) is 12.8 Å². The Morgan fingerprint density at radius 3 is 2.88 bits per heavy atom. The number of nitrogens with zero attached hydrogens (tertiary/aromatic N) is 1. The van der Waals surface area contributed by atoms with E-state index >= 15 is 0 Å². The van der Waals surface area contributed by atoms with Gasteiger partial charge in [0, 0.05) is 25.6 Å². The smallest absolute Gasteiger partial charge is 0.251 e. The second-order valence-electron chi connectivity index (χ2n) is 4.69. The largest absolute Gasteiger partial charge is 0.378 e. The van der Waals surface area contributed by atoms with Gasteiger partial charge in [-0.2, -0.15) is 0 Å². The van der Waals surface area contributed by atoms with Crippen LogP contribution >= 0.6 is 0 Å². The zero-order chi connectivity index (χ0) is 11.0. The van der Waals surface area contributed by atoms with E-state index in [4.69, 9.17) is 9.47 Å². The standard InChI is InChI=1S/C11H18N2O3/c14-11(13-3-5-15-6-4-13)10-7-8-9(16-10)1-2-12-8/h8-10,12H,1-7H2/t8-,9-,10+/m1/s1. The molecule has 5 heteroatoms. The van der Waals surface area contributed by atoms with Crippen LogP contribution in [-0.2, 0) is 14.3 Å². The van der Waals surface area contributed by atoms with Crippen LogP contribution in [-0.4, -0.2) is 61.9 Å². The lowest BCUT2D eigenvalue weighted by Crippen LogP contribution is -2.46. The summed E-state index contributed by atoms with van der Waals surface area (Å²) in [6.07, 6.45) is 1.91. The molecule has 3 aliphatic heterocycles. The Hall–Kier alpha value is -0.650. The van der Waals surface area contributed by atoms with Crippen molar-refractivity contribution in [3.63, 3.8) is 0 Å². The fraction of sp³-hybridized carbons (Fsp3) is 0.909. The predicted octanol–water partition coefficient (Wildman–Crippen LogP) is -0.635. The summed E-state index contributed by atoms with van der Waals surface area (Å²) in [5, 5.41) is 3.39. The second-order valence-corrected chi connectivity index (χ2v) is 4.69. The van der Waals surface area contributed by atoms with Gasteiger partial charge in [-0.05, 0) is 13.0 Å². The van der Waals surface area contributed by atoms with Gasteiger partial charge in [-0.15, -0.1) is 0 Å². The van der Waals surface area contributed by atoms with Gasteiger partial charge in [0.1, 0.15) is 6.10 Å². The molecule has 1 N–H and O–H groups in total. The third-order valence-electron chi connectivity index (χ3n) is 3.69. The number of carbonyl (C=O) groups is 1. The number of nitrogens with one attached hydrogen (secondary N) is 1. The van der Waals surface area contributed by atoms with Gasteiger partial charge in [0.25, 0.3) is 5.91 Å². The van der Waals surface area contributed by atoms with Gasteiger partial charge in [-0.3, -0.25) is 4.79 Å². The molecule has 90 valence electrons. The molecule has 3 saturated heterocycles. The topological polar surface area (TPSA) is 50.8 Å². The average Bonchev–Trinajstić information content (AvgIpc) is 2.89. The first-order valence-electron chi connectivity index (χ1n) is 6.10. The molecule has 16 heavy (non-hydrogen) atoms. The summed E-state index contributed by atoms with van der Waals surface area (Å²) >= 11 is 0. The molecule has 0 spiro atoms. The van der Waals surface area contributed by atoms with E-state index < -0.39 is 0 Å². The molecule has 0 aromatic carbocycles. The molecule has 0 saturated carbocycles. The molecule has 3 heterocycles. The van der Waals surface area contributed by atoms with Crippen LogP contribution in [0.15, 0.2) is 0 Å². The first kappa shape index (κ1) is 10.5. The number of ether oxygens (including phenoxy) is 2. The van der Waals surface area contributed by atoms with E-state index in [1.165, 1.54) is 0 Å². The number of fused-ring (bicyclic) bond motifs is 1. The summed E-state index contributed by atoms with van der Waals surface area (Å²) in [7, 11) is 0. The van der Waals surface area contributed by atoms with Gasteiger partial charge >= 0.3 is 0 Å². The number of rotatable bonds is 1. The summed E-state index contributed by atoms with van der Waals surface area (Å²) in [5.41, 5.74) is 0. The number of hydrogen-bond acceptors (Lipinski definition) is 4. The lowest BCUT2D eigenvalue weighted by Gasteiger charge is -2.29. The van der Waals surface area contributed by atoms with E-state index in [9.17, 15) is 4.79 Å². The average molecular weight is 226 g/mol. The maximum Gasteiger partial charge on any atom is 0.251 e. The molecule has 1 amide bonds. The Balaban J connectivity index is 1.59. The first-order chi connectivity index (χ1) is 7.84. The van der Waals surface area contributed by atoms with Crippen LogP contribution < -0.4 is 5.32 Å². The Morgan fingerprint density at radius 2 is 2.12 bits per heavy atom. The van der Waals surface area contributed by atoms with Crippen molar-refractivity contribution in [1.29, 1.82) is 0 Å². The third kappa shape index (κ3) is 1.83. The number of hydrogen-bond donors (Lipinski definition) is 1. The van der Waals surface area contributed by atoms with Crippen LogP contribution in [0.25, 0.3) is 0 Å². The fourth-order valence-corrected chi connectivity index (χ4v) is 2.79. The zero-order valence-corrected chi connectivity index (χ0v) is 9.35. The van der Waals surface area contributed by atoms with E-state index in [1.54, 1.807) is 0 Å². The summed E-state index contributed by atoms with van der Waals surface area (Å²) in [5.74, 6) is 0.152. The maximum atomic E-state index is 12.1. The summed E-state index contributed by atoms with van der Waals surface area (Å²) in [6, 6.07) is 0.398. The second kappa shape index (κ2) is 4.31. The highest BCUT2D eigenvalue weighted by molar-refractivity contribution is 5.81. The first-order valence-corrected chi connectivity index (χ1v) is 6.10. The number of morpholine rings is 1. The van der Waals surface area contributed by atoms with Crippen molar-refractivity contribution in [3.8, 4) is 0 Å². The van der Waals surface area contributed by atoms with Crippen molar-refractivity contribution in [2.75, 3.05) is 32.8 Å². The molecular weight excluding hydrogens is 208 g/mol. The molecule has 0 aromatic heterocycles.